The molecule has 1 aliphatic heterocycles. The van der Waals surface area contributed by atoms with Gasteiger partial charge in [0.15, 0.2) is 0 Å². The predicted molar refractivity (Wildman–Crippen MR) is 55.5 cm³/mol. The Kier molecular flexibility index (Phi) is 4.93. The van der Waals surface area contributed by atoms with Gasteiger partial charge in [0.1, 0.15) is 0 Å². The van der Waals surface area contributed by atoms with E-state index in [1.165, 1.54) is 38.5 Å². The molecular weight excluding hydrogens is 160 g/mol. The fourth-order valence-corrected chi connectivity index (χ4v) is 1.68. The minimum Gasteiger partial charge on any atom is -0.369 e. The molecule has 0 radical (unpaired) electrons. The van der Waals surface area contributed by atoms with Crippen LogP contribution in [0.3, 0.4) is 0 Å². The lowest BCUT2D eigenvalue weighted by molar-refractivity contribution is 0.359. The zero-order chi connectivity index (χ0) is 9.52. The van der Waals surface area contributed by atoms with Gasteiger partial charge in [-0.3, -0.25) is 0 Å². The van der Waals surface area contributed by atoms with E-state index in [1.54, 1.807) is 0 Å². The van der Waals surface area contributed by atoms with Crippen molar-refractivity contribution >= 4 is 0 Å². The molecule has 0 saturated carbocycles. The van der Waals surface area contributed by atoms with E-state index in [9.17, 15) is 0 Å². The quantitative estimate of drug-likeness (QED) is 0.333. The van der Waals surface area contributed by atoms with Crippen LogP contribution >= 0.6 is 0 Å². The standard InChI is InChI=1S/C12H20O/c1-3-5-6-7-8-10-12-11(13-12)9-4-2/h2,11-12H,3,5-10H2,1H3/t11-,12+/m1/s1. The number of ether oxygens (including phenoxy) is 1. The summed E-state index contributed by atoms with van der Waals surface area (Å²) in [5.74, 6) is 2.65. The van der Waals surface area contributed by atoms with Gasteiger partial charge in [0.2, 0.25) is 0 Å². The van der Waals surface area contributed by atoms with Crippen molar-refractivity contribution in [3.63, 3.8) is 0 Å². The fraction of sp³-hybridized carbons (Fsp3) is 0.833. The van der Waals surface area contributed by atoms with Crippen molar-refractivity contribution in [3.05, 3.63) is 0 Å². The van der Waals surface area contributed by atoms with Crippen molar-refractivity contribution in [3.8, 4) is 12.3 Å². The first-order valence-electron chi connectivity index (χ1n) is 5.47. The van der Waals surface area contributed by atoms with Crippen LogP contribution in [0.1, 0.15) is 51.9 Å². The van der Waals surface area contributed by atoms with Crippen LogP contribution in [-0.4, -0.2) is 12.2 Å². The molecule has 0 unspecified atom stereocenters. The van der Waals surface area contributed by atoms with Crippen LogP contribution < -0.4 is 0 Å². The Bertz CT molecular complexity index is 168. The van der Waals surface area contributed by atoms with Gasteiger partial charge in [0.05, 0.1) is 12.2 Å². The zero-order valence-corrected chi connectivity index (χ0v) is 8.59. The number of epoxide rings is 1. The first kappa shape index (κ1) is 10.6. The summed E-state index contributed by atoms with van der Waals surface area (Å²) in [6, 6.07) is 0. The van der Waals surface area contributed by atoms with E-state index in [2.05, 4.69) is 12.8 Å². The van der Waals surface area contributed by atoms with Gasteiger partial charge in [-0.25, -0.2) is 0 Å². The van der Waals surface area contributed by atoms with E-state index in [1.807, 2.05) is 0 Å². The lowest BCUT2D eigenvalue weighted by Crippen LogP contribution is -1.92. The van der Waals surface area contributed by atoms with Crippen molar-refractivity contribution in [2.45, 2.75) is 64.1 Å². The van der Waals surface area contributed by atoms with Crippen molar-refractivity contribution in [1.82, 2.24) is 0 Å². The Morgan fingerprint density at radius 3 is 2.62 bits per heavy atom. The molecular formula is C12H20O. The van der Waals surface area contributed by atoms with E-state index in [0.717, 1.165) is 6.42 Å². The summed E-state index contributed by atoms with van der Waals surface area (Å²) >= 11 is 0. The van der Waals surface area contributed by atoms with Crippen LogP contribution in [0.25, 0.3) is 0 Å². The van der Waals surface area contributed by atoms with Crippen molar-refractivity contribution < 1.29 is 4.74 Å². The lowest BCUT2D eigenvalue weighted by Gasteiger charge is -1.96. The van der Waals surface area contributed by atoms with Crippen LogP contribution in [0.5, 0.6) is 0 Å². The second kappa shape index (κ2) is 6.05. The Hall–Kier alpha value is -0.480. The van der Waals surface area contributed by atoms with E-state index in [-0.39, 0.29) is 0 Å². The molecule has 74 valence electrons. The van der Waals surface area contributed by atoms with Gasteiger partial charge in [-0.2, -0.15) is 0 Å². The second-order valence-electron chi connectivity index (χ2n) is 3.82. The highest BCUT2D eigenvalue weighted by molar-refractivity contribution is 4.96. The molecule has 0 bridgehead atoms. The van der Waals surface area contributed by atoms with Crippen molar-refractivity contribution in [2.24, 2.45) is 0 Å². The molecule has 0 spiro atoms. The van der Waals surface area contributed by atoms with Gasteiger partial charge in [-0.1, -0.05) is 39.0 Å². The van der Waals surface area contributed by atoms with Crippen LogP contribution in [-0.2, 0) is 4.74 Å². The molecule has 13 heavy (non-hydrogen) atoms. The third kappa shape index (κ3) is 4.33. The van der Waals surface area contributed by atoms with Gasteiger partial charge < -0.3 is 4.74 Å². The first-order chi connectivity index (χ1) is 6.38. The maximum atomic E-state index is 5.42. The molecule has 1 saturated heterocycles. The minimum atomic E-state index is 0.399. The summed E-state index contributed by atoms with van der Waals surface area (Å²) in [7, 11) is 0. The van der Waals surface area contributed by atoms with Gasteiger partial charge in [0, 0.05) is 6.42 Å². The van der Waals surface area contributed by atoms with Gasteiger partial charge >= 0.3 is 0 Å². The summed E-state index contributed by atoms with van der Waals surface area (Å²) < 4.78 is 5.42. The fourth-order valence-electron chi connectivity index (χ4n) is 1.68. The summed E-state index contributed by atoms with van der Waals surface area (Å²) in [5, 5.41) is 0. The number of unbranched alkanes of at least 4 members (excludes halogenated alkanes) is 4. The van der Waals surface area contributed by atoms with Gasteiger partial charge in [-0.05, 0) is 6.42 Å². The van der Waals surface area contributed by atoms with E-state index < -0.39 is 0 Å². The third-order valence-electron chi connectivity index (χ3n) is 2.60. The summed E-state index contributed by atoms with van der Waals surface area (Å²) in [6.45, 7) is 2.24. The van der Waals surface area contributed by atoms with Crippen molar-refractivity contribution in [2.75, 3.05) is 0 Å². The molecule has 1 fully saturated rings. The molecule has 1 heteroatoms. The Morgan fingerprint density at radius 1 is 1.15 bits per heavy atom. The van der Waals surface area contributed by atoms with E-state index >= 15 is 0 Å². The maximum absolute atomic E-state index is 5.42. The van der Waals surface area contributed by atoms with Crippen LogP contribution in [0.4, 0.5) is 0 Å². The summed E-state index contributed by atoms with van der Waals surface area (Å²) in [5.41, 5.74) is 0. The molecule has 0 N–H and O–H groups in total. The summed E-state index contributed by atoms with van der Waals surface area (Å²) in [4.78, 5) is 0. The van der Waals surface area contributed by atoms with E-state index in [4.69, 9.17) is 11.2 Å². The molecule has 0 aromatic heterocycles. The normalized spacial score (nSPS) is 25.5. The van der Waals surface area contributed by atoms with Crippen molar-refractivity contribution in [1.29, 1.82) is 0 Å². The Balaban J connectivity index is 1.83. The van der Waals surface area contributed by atoms with Gasteiger partial charge in [-0.15, -0.1) is 12.3 Å². The monoisotopic (exact) mass is 180 g/mol. The lowest BCUT2D eigenvalue weighted by atomic mass is 10.1. The average Bonchev–Trinajstić information content (AvgIpc) is 2.84. The molecule has 0 aliphatic carbocycles. The van der Waals surface area contributed by atoms with E-state index in [0.29, 0.717) is 12.2 Å². The number of hydrogen-bond donors (Lipinski definition) is 0. The van der Waals surface area contributed by atoms with Crippen LogP contribution in [0.2, 0.25) is 0 Å². The molecule has 0 amide bonds. The highest BCUT2D eigenvalue weighted by atomic mass is 16.6. The Labute approximate surface area is 81.9 Å². The molecule has 1 heterocycles. The smallest absolute Gasteiger partial charge is 0.0950 e. The molecule has 1 aliphatic rings. The number of rotatable bonds is 7. The SMILES string of the molecule is C#CC[C@H]1O[C@H]1CCCCCCC. The Morgan fingerprint density at radius 2 is 1.92 bits per heavy atom. The minimum absolute atomic E-state index is 0.399. The second-order valence-corrected chi connectivity index (χ2v) is 3.82. The highest BCUT2D eigenvalue weighted by Crippen LogP contribution is 2.29. The first-order valence-corrected chi connectivity index (χ1v) is 5.47. The summed E-state index contributed by atoms with van der Waals surface area (Å²) in [6.07, 6.45) is 14.9. The third-order valence-corrected chi connectivity index (χ3v) is 2.60. The zero-order valence-electron chi connectivity index (χ0n) is 8.59. The number of terminal acetylenes is 1. The largest absolute Gasteiger partial charge is 0.369 e. The molecule has 1 rings (SSSR count). The topological polar surface area (TPSA) is 12.5 Å². The molecule has 0 aromatic carbocycles. The molecule has 0 aromatic rings. The predicted octanol–water partition coefficient (Wildman–Crippen LogP) is 3.14. The van der Waals surface area contributed by atoms with Crippen LogP contribution in [0, 0.1) is 12.3 Å². The highest BCUT2D eigenvalue weighted by Gasteiger charge is 2.36. The maximum Gasteiger partial charge on any atom is 0.0950 e. The molecule has 1 nitrogen and oxygen atoms in total. The van der Waals surface area contributed by atoms with Crippen LogP contribution in [0.15, 0.2) is 0 Å². The number of hydrogen-bond acceptors (Lipinski definition) is 1. The molecule has 2 atom stereocenters. The van der Waals surface area contributed by atoms with Gasteiger partial charge in [0.25, 0.3) is 0 Å². The average molecular weight is 180 g/mol.